The van der Waals surface area contributed by atoms with E-state index in [1.54, 1.807) is 5.48 Å². The van der Waals surface area contributed by atoms with Gasteiger partial charge in [0, 0.05) is 36.1 Å². The Morgan fingerprint density at radius 2 is 1.58 bits per heavy atom. The van der Waals surface area contributed by atoms with Crippen LogP contribution in [0.15, 0.2) is 12.2 Å². The molecular weight excluding hydrogens is 728 g/mol. The molecule has 18 atom stereocenters. The number of nitrogens with one attached hydrogen (secondary N) is 2. The molecule has 1 saturated carbocycles. The number of hydroxylamine groups is 1. The van der Waals surface area contributed by atoms with Crippen molar-refractivity contribution in [3.8, 4) is 0 Å². The molecule has 3 unspecified atom stereocenters. The van der Waals surface area contributed by atoms with Crippen LogP contribution in [0.2, 0.25) is 0 Å². The number of hydrogen-bond donors (Lipinski definition) is 5. The highest BCUT2D eigenvalue weighted by molar-refractivity contribution is 5.84. The molecule has 12 heteroatoms. The molecule has 12 nitrogen and oxygen atoms in total. The van der Waals surface area contributed by atoms with Gasteiger partial charge in [-0.3, -0.25) is 14.8 Å². The molecule has 5 aliphatic heterocycles. The fourth-order valence-corrected chi connectivity index (χ4v) is 11.3. The second-order valence-corrected chi connectivity index (χ2v) is 19.5. The molecule has 4 saturated heterocycles. The van der Waals surface area contributed by atoms with E-state index in [9.17, 15) is 25.0 Å². The second-order valence-electron chi connectivity index (χ2n) is 19.5. The van der Waals surface area contributed by atoms with Gasteiger partial charge >= 0.3 is 0 Å². The van der Waals surface area contributed by atoms with E-state index < -0.39 is 58.6 Å². The van der Waals surface area contributed by atoms with Gasteiger partial charge in [-0.2, -0.15) is 0 Å². The minimum Gasteiger partial charge on any atom is -0.392 e. The Balaban J connectivity index is 1.20. The average Bonchev–Trinajstić information content (AvgIpc) is 3.96. The van der Waals surface area contributed by atoms with Crippen molar-refractivity contribution in [1.82, 2.24) is 10.8 Å². The van der Waals surface area contributed by atoms with Crippen molar-refractivity contribution in [3.63, 3.8) is 0 Å². The number of Topliss-reactive ketones (excluding diaryl/α,β-unsaturated/α-hetero) is 1. The third-order valence-electron chi connectivity index (χ3n) is 15.6. The van der Waals surface area contributed by atoms with Gasteiger partial charge in [0.2, 0.25) is 5.91 Å². The van der Waals surface area contributed by atoms with Crippen LogP contribution >= 0.6 is 0 Å². The zero-order valence-corrected chi connectivity index (χ0v) is 36.5. The third-order valence-corrected chi connectivity index (χ3v) is 15.6. The molecule has 57 heavy (non-hydrogen) atoms. The standard InChI is InChI=1S/C45H76N2O10/c1-11-32(41(50)47-52)34-17-14-25(4)39(54-34)29(8)37(48)28(7)38(49)33(12-2)40-26(5)24-27(6)44(55-40)21-18-35(46-31-15-16-31)45(57-44)23-22-42(10,56-45)36-19-20-43(51,13-3)30(9)53-36/h18,21,25-37,39-40,46,48,51-52H,11-17,19-20,22-24H2,1-10H3,(H,47,50)/t25-,26-,27+,28-,29-,30-,32?,33-,34?,35+,36+,37+,39?,40-,42-,43+,44-,45-/m0/s1. The van der Waals surface area contributed by atoms with E-state index >= 15 is 0 Å². The van der Waals surface area contributed by atoms with Gasteiger partial charge in [-0.1, -0.05) is 61.5 Å². The average molecular weight is 805 g/mol. The molecule has 0 bridgehead atoms. The van der Waals surface area contributed by atoms with Crippen molar-refractivity contribution in [1.29, 1.82) is 0 Å². The Morgan fingerprint density at radius 3 is 2.19 bits per heavy atom. The number of hydrogen-bond acceptors (Lipinski definition) is 11. The first-order valence-corrected chi connectivity index (χ1v) is 22.6. The highest BCUT2D eigenvalue weighted by Gasteiger charge is 2.63. The number of aliphatic hydroxyl groups is 2. The summed E-state index contributed by atoms with van der Waals surface area (Å²) >= 11 is 0. The predicted molar refractivity (Wildman–Crippen MR) is 215 cm³/mol. The topological polar surface area (TPSA) is 165 Å². The first-order valence-electron chi connectivity index (χ1n) is 22.6. The third kappa shape index (κ3) is 8.69. The largest absolute Gasteiger partial charge is 0.392 e. The first kappa shape index (κ1) is 45.1. The van der Waals surface area contributed by atoms with Crippen LogP contribution in [-0.4, -0.2) is 98.6 Å². The Morgan fingerprint density at radius 1 is 0.877 bits per heavy atom. The monoisotopic (exact) mass is 805 g/mol. The van der Waals surface area contributed by atoms with Gasteiger partial charge in [0.25, 0.3) is 0 Å². The van der Waals surface area contributed by atoms with Crippen LogP contribution in [0.3, 0.4) is 0 Å². The van der Waals surface area contributed by atoms with Crippen LogP contribution in [0.4, 0.5) is 0 Å². The van der Waals surface area contributed by atoms with Gasteiger partial charge in [-0.15, -0.1) is 0 Å². The Hall–Kier alpha value is -1.48. The first-order chi connectivity index (χ1) is 26.9. The zero-order valence-electron chi connectivity index (χ0n) is 36.5. The molecule has 1 amide bonds. The summed E-state index contributed by atoms with van der Waals surface area (Å²) in [5.41, 5.74) is 0.321. The molecule has 5 fully saturated rings. The molecule has 0 radical (unpaired) electrons. The molecule has 6 aliphatic rings. The van der Waals surface area contributed by atoms with Crippen molar-refractivity contribution >= 4 is 11.7 Å². The summed E-state index contributed by atoms with van der Waals surface area (Å²) in [5, 5.41) is 36.2. The SMILES string of the molecule is CCC(C(=O)NO)C1CC[C@H](C)C([C@@H](C)[C@H](O)[C@H](C)C(=O)[C@H](CC)[C@H]2O[C@]3(C=C[C@@H](NC4CC4)[C@]4(CC[C@@](C)([C@H]5CC[C@](O)(CC)[C@H](C)O5)O4)O3)[C@H](C)C[C@@H]2C)O1. The summed E-state index contributed by atoms with van der Waals surface area (Å²) in [5.74, 6) is -4.48. The summed E-state index contributed by atoms with van der Waals surface area (Å²) in [6.45, 7) is 20.2. The number of rotatable bonds is 14. The molecule has 326 valence electrons. The number of amides is 1. The highest BCUT2D eigenvalue weighted by Crippen LogP contribution is 2.54. The molecular formula is C45H76N2O10. The summed E-state index contributed by atoms with van der Waals surface area (Å²) < 4.78 is 34.8. The smallest absolute Gasteiger partial charge is 0.249 e. The normalized spacial score (nSPS) is 45.0. The van der Waals surface area contributed by atoms with E-state index in [2.05, 4.69) is 45.2 Å². The summed E-state index contributed by atoms with van der Waals surface area (Å²) in [6.07, 6.45) is 10.6. The van der Waals surface area contributed by atoms with Crippen LogP contribution < -0.4 is 10.8 Å². The Kier molecular flexibility index (Phi) is 13.8. The molecule has 5 N–H and O–H groups in total. The number of carbonyl (C=O) groups excluding carboxylic acids is 2. The fourth-order valence-electron chi connectivity index (χ4n) is 11.3. The van der Waals surface area contributed by atoms with Gasteiger partial charge in [0.1, 0.15) is 5.78 Å². The quantitative estimate of drug-likeness (QED) is 0.0753. The van der Waals surface area contributed by atoms with Gasteiger partial charge in [0.15, 0.2) is 11.6 Å². The maximum atomic E-state index is 14.6. The molecule has 0 aromatic carbocycles. The number of aliphatic hydroxyl groups excluding tert-OH is 1. The van der Waals surface area contributed by atoms with Crippen LogP contribution in [0, 0.1) is 41.4 Å². The van der Waals surface area contributed by atoms with Gasteiger partial charge < -0.3 is 39.2 Å². The van der Waals surface area contributed by atoms with Crippen molar-refractivity contribution in [3.05, 3.63) is 12.2 Å². The predicted octanol–water partition coefficient (Wildman–Crippen LogP) is 6.37. The lowest BCUT2D eigenvalue weighted by Gasteiger charge is -2.55. The second kappa shape index (κ2) is 17.5. The van der Waals surface area contributed by atoms with Crippen molar-refractivity contribution in [2.45, 2.75) is 218 Å². The van der Waals surface area contributed by atoms with E-state index in [1.807, 2.05) is 41.5 Å². The number of carbonyl (C=O) groups is 2. The lowest BCUT2D eigenvalue weighted by Crippen LogP contribution is -2.65. The van der Waals surface area contributed by atoms with Crippen molar-refractivity contribution in [2.24, 2.45) is 41.4 Å². The summed E-state index contributed by atoms with van der Waals surface area (Å²) in [6, 6.07) is 0.223. The van der Waals surface area contributed by atoms with E-state index in [1.165, 1.54) is 0 Å². The van der Waals surface area contributed by atoms with Gasteiger partial charge in [0.05, 0.1) is 59.8 Å². The lowest BCUT2D eigenvalue weighted by atomic mass is 9.72. The van der Waals surface area contributed by atoms with Crippen molar-refractivity contribution < 1.29 is 48.7 Å². The fraction of sp³-hybridized carbons (Fsp3) is 0.911. The molecule has 5 heterocycles. The van der Waals surface area contributed by atoms with Crippen LogP contribution in [-0.2, 0) is 33.3 Å². The molecule has 2 spiro atoms. The van der Waals surface area contributed by atoms with Crippen LogP contribution in [0.1, 0.15) is 146 Å². The van der Waals surface area contributed by atoms with Gasteiger partial charge in [-0.05, 0) is 102 Å². The van der Waals surface area contributed by atoms with Gasteiger partial charge in [-0.25, -0.2) is 5.48 Å². The summed E-state index contributed by atoms with van der Waals surface area (Å²) in [7, 11) is 0. The van der Waals surface area contributed by atoms with E-state index in [0.717, 1.165) is 32.1 Å². The molecule has 0 aromatic rings. The maximum Gasteiger partial charge on any atom is 0.249 e. The zero-order chi connectivity index (χ0) is 41.7. The van der Waals surface area contributed by atoms with E-state index in [-0.39, 0.29) is 59.9 Å². The van der Waals surface area contributed by atoms with Crippen LogP contribution in [0.25, 0.3) is 0 Å². The van der Waals surface area contributed by atoms with Crippen LogP contribution in [0.5, 0.6) is 0 Å². The molecule has 0 aromatic heterocycles. The molecule has 6 rings (SSSR count). The van der Waals surface area contributed by atoms with E-state index in [4.69, 9.17) is 23.7 Å². The van der Waals surface area contributed by atoms with E-state index in [0.29, 0.717) is 51.0 Å². The number of ketones is 1. The Bertz CT molecular complexity index is 1440. The molecule has 1 aliphatic carbocycles. The highest BCUT2D eigenvalue weighted by atomic mass is 16.8. The minimum absolute atomic E-state index is 0.0203. The number of ether oxygens (including phenoxy) is 5. The maximum absolute atomic E-state index is 14.6. The Labute approximate surface area is 341 Å². The lowest BCUT2D eigenvalue weighted by molar-refractivity contribution is -0.398. The van der Waals surface area contributed by atoms with Crippen molar-refractivity contribution in [2.75, 3.05) is 0 Å². The minimum atomic E-state index is -1.12. The summed E-state index contributed by atoms with van der Waals surface area (Å²) in [4.78, 5) is 27.1.